The Morgan fingerprint density at radius 3 is 3.00 bits per heavy atom. The normalized spacial score (nSPS) is 14.3. The van der Waals surface area contributed by atoms with Crippen LogP contribution in [0.15, 0.2) is 36.4 Å². The number of aromatic nitrogens is 1. The molecule has 0 aliphatic carbocycles. The lowest BCUT2D eigenvalue weighted by molar-refractivity contribution is 0.756. The zero-order chi connectivity index (χ0) is 13.2. The van der Waals surface area contributed by atoms with Crippen LogP contribution in [0.2, 0.25) is 0 Å². The third-order valence-electron chi connectivity index (χ3n) is 3.63. The van der Waals surface area contributed by atoms with E-state index in [9.17, 15) is 0 Å². The lowest BCUT2D eigenvalue weighted by atomic mass is 9.99. The minimum absolute atomic E-state index is 0.489. The third kappa shape index (κ3) is 2.34. The van der Waals surface area contributed by atoms with Crippen molar-refractivity contribution in [1.29, 1.82) is 0 Å². The number of nitrogens with two attached hydrogens (primary N) is 1. The van der Waals surface area contributed by atoms with Crippen molar-refractivity contribution < 1.29 is 0 Å². The summed E-state index contributed by atoms with van der Waals surface area (Å²) in [5.41, 5.74) is 10.7. The first-order valence-corrected chi connectivity index (χ1v) is 6.81. The summed E-state index contributed by atoms with van der Waals surface area (Å²) in [6.07, 6.45) is 2.33. The van der Waals surface area contributed by atoms with E-state index in [1.165, 1.54) is 23.2 Å². The Labute approximate surface area is 114 Å². The second kappa shape index (κ2) is 5.02. The van der Waals surface area contributed by atoms with Gasteiger partial charge in [-0.25, -0.2) is 4.98 Å². The SMILES string of the molecule is Cc1ccc2c(c1)CCCN2c1cccc(CN)n1. The van der Waals surface area contributed by atoms with Gasteiger partial charge in [-0.3, -0.25) is 0 Å². The van der Waals surface area contributed by atoms with E-state index in [0.717, 1.165) is 24.5 Å². The molecule has 1 aliphatic heterocycles. The number of rotatable bonds is 2. The van der Waals surface area contributed by atoms with E-state index in [4.69, 9.17) is 5.73 Å². The molecule has 2 heterocycles. The molecule has 1 aromatic heterocycles. The van der Waals surface area contributed by atoms with Crippen LogP contribution in [-0.4, -0.2) is 11.5 Å². The standard InChI is InChI=1S/C16H19N3/c1-12-7-8-15-13(10-12)4-3-9-19(15)16-6-2-5-14(11-17)18-16/h2,5-8,10H,3-4,9,11,17H2,1H3. The Morgan fingerprint density at radius 2 is 2.16 bits per heavy atom. The predicted octanol–water partition coefficient (Wildman–Crippen LogP) is 2.93. The van der Waals surface area contributed by atoms with Crippen molar-refractivity contribution in [2.45, 2.75) is 26.3 Å². The summed E-state index contributed by atoms with van der Waals surface area (Å²) in [5, 5.41) is 0. The molecule has 3 nitrogen and oxygen atoms in total. The minimum atomic E-state index is 0.489. The number of anilines is 2. The highest BCUT2D eigenvalue weighted by Crippen LogP contribution is 2.32. The van der Waals surface area contributed by atoms with Crippen LogP contribution in [0.1, 0.15) is 23.2 Å². The number of hydrogen-bond acceptors (Lipinski definition) is 3. The molecule has 0 spiro atoms. The second-order valence-corrected chi connectivity index (χ2v) is 5.08. The Morgan fingerprint density at radius 1 is 1.26 bits per heavy atom. The average Bonchev–Trinajstić information content (AvgIpc) is 2.46. The van der Waals surface area contributed by atoms with E-state index in [2.05, 4.69) is 41.1 Å². The van der Waals surface area contributed by atoms with Gasteiger partial charge in [-0.15, -0.1) is 0 Å². The van der Waals surface area contributed by atoms with Crippen molar-refractivity contribution in [3.8, 4) is 0 Å². The number of benzene rings is 1. The highest BCUT2D eigenvalue weighted by molar-refractivity contribution is 5.66. The first kappa shape index (κ1) is 12.2. The van der Waals surface area contributed by atoms with Gasteiger partial charge in [0.1, 0.15) is 5.82 Å². The van der Waals surface area contributed by atoms with Gasteiger partial charge < -0.3 is 10.6 Å². The van der Waals surface area contributed by atoms with Crippen molar-refractivity contribution in [3.05, 3.63) is 53.2 Å². The summed E-state index contributed by atoms with van der Waals surface area (Å²) in [6, 6.07) is 12.7. The summed E-state index contributed by atoms with van der Waals surface area (Å²) < 4.78 is 0. The van der Waals surface area contributed by atoms with Gasteiger partial charge >= 0.3 is 0 Å². The van der Waals surface area contributed by atoms with Gasteiger partial charge in [0.05, 0.1) is 5.69 Å². The number of aryl methyl sites for hydroxylation is 2. The molecule has 1 aromatic carbocycles. The quantitative estimate of drug-likeness (QED) is 0.894. The molecular formula is C16H19N3. The van der Waals surface area contributed by atoms with Crippen LogP contribution in [0.3, 0.4) is 0 Å². The molecule has 3 heteroatoms. The first-order valence-electron chi connectivity index (χ1n) is 6.81. The number of fused-ring (bicyclic) bond motifs is 1. The summed E-state index contributed by atoms with van der Waals surface area (Å²) in [4.78, 5) is 6.94. The monoisotopic (exact) mass is 253 g/mol. The maximum Gasteiger partial charge on any atom is 0.133 e. The molecule has 0 fully saturated rings. The fraction of sp³-hybridized carbons (Fsp3) is 0.312. The van der Waals surface area contributed by atoms with E-state index in [0.29, 0.717) is 6.54 Å². The summed E-state index contributed by atoms with van der Waals surface area (Å²) in [7, 11) is 0. The molecule has 0 saturated heterocycles. The van der Waals surface area contributed by atoms with Gasteiger partial charge in [-0.1, -0.05) is 23.8 Å². The third-order valence-corrected chi connectivity index (χ3v) is 3.63. The molecule has 2 aromatic rings. The van der Waals surface area contributed by atoms with Crippen molar-refractivity contribution in [3.63, 3.8) is 0 Å². The van der Waals surface area contributed by atoms with Crippen LogP contribution in [0.4, 0.5) is 11.5 Å². The summed E-state index contributed by atoms with van der Waals surface area (Å²) in [5.74, 6) is 1.01. The Kier molecular flexibility index (Phi) is 3.22. The highest BCUT2D eigenvalue weighted by atomic mass is 15.2. The van der Waals surface area contributed by atoms with Crippen molar-refractivity contribution >= 4 is 11.5 Å². The Balaban J connectivity index is 2.03. The largest absolute Gasteiger partial charge is 0.326 e. The van der Waals surface area contributed by atoms with E-state index in [1.54, 1.807) is 0 Å². The highest BCUT2D eigenvalue weighted by Gasteiger charge is 2.19. The van der Waals surface area contributed by atoms with Crippen LogP contribution < -0.4 is 10.6 Å². The lowest BCUT2D eigenvalue weighted by Crippen LogP contribution is -2.25. The average molecular weight is 253 g/mol. The maximum atomic E-state index is 5.68. The van der Waals surface area contributed by atoms with Crippen molar-refractivity contribution in [2.24, 2.45) is 5.73 Å². The summed E-state index contributed by atoms with van der Waals surface area (Å²) in [6.45, 7) is 3.66. The number of nitrogens with zero attached hydrogens (tertiary/aromatic N) is 2. The zero-order valence-electron chi connectivity index (χ0n) is 11.3. The molecule has 1 aliphatic rings. The smallest absolute Gasteiger partial charge is 0.133 e. The predicted molar refractivity (Wildman–Crippen MR) is 78.6 cm³/mol. The fourth-order valence-electron chi connectivity index (χ4n) is 2.69. The molecule has 2 N–H and O–H groups in total. The summed E-state index contributed by atoms with van der Waals surface area (Å²) >= 11 is 0. The van der Waals surface area contributed by atoms with Crippen molar-refractivity contribution in [1.82, 2.24) is 4.98 Å². The molecule has 0 unspecified atom stereocenters. The van der Waals surface area contributed by atoms with Crippen LogP contribution in [-0.2, 0) is 13.0 Å². The van der Waals surface area contributed by atoms with Crippen LogP contribution >= 0.6 is 0 Å². The first-order chi connectivity index (χ1) is 9.28. The molecule has 0 amide bonds. The van der Waals surface area contributed by atoms with Gasteiger partial charge in [-0.2, -0.15) is 0 Å². The Hall–Kier alpha value is -1.87. The number of hydrogen-bond donors (Lipinski definition) is 1. The molecule has 3 rings (SSSR count). The zero-order valence-corrected chi connectivity index (χ0v) is 11.3. The van der Waals surface area contributed by atoms with E-state index < -0.39 is 0 Å². The van der Waals surface area contributed by atoms with Gasteiger partial charge in [0.15, 0.2) is 0 Å². The molecular weight excluding hydrogens is 234 g/mol. The molecule has 19 heavy (non-hydrogen) atoms. The van der Waals surface area contributed by atoms with Gasteiger partial charge in [0, 0.05) is 18.8 Å². The van der Waals surface area contributed by atoms with Crippen LogP contribution in [0, 0.1) is 6.92 Å². The van der Waals surface area contributed by atoms with E-state index in [1.807, 2.05) is 12.1 Å². The van der Waals surface area contributed by atoms with E-state index in [-0.39, 0.29) is 0 Å². The molecule has 0 bridgehead atoms. The molecule has 0 saturated carbocycles. The van der Waals surface area contributed by atoms with Crippen LogP contribution in [0.25, 0.3) is 0 Å². The van der Waals surface area contributed by atoms with E-state index >= 15 is 0 Å². The Bertz CT molecular complexity index is 592. The fourth-order valence-corrected chi connectivity index (χ4v) is 2.69. The number of pyridine rings is 1. The molecule has 0 atom stereocenters. The topological polar surface area (TPSA) is 42.1 Å². The lowest BCUT2D eigenvalue weighted by Gasteiger charge is -2.31. The van der Waals surface area contributed by atoms with Crippen LogP contribution in [0.5, 0.6) is 0 Å². The second-order valence-electron chi connectivity index (χ2n) is 5.08. The van der Waals surface area contributed by atoms with Gasteiger partial charge in [-0.05, 0) is 43.5 Å². The maximum absolute atomic E-state index is 5.68. The van der Waals surface area contributed by atoms with Gasteiger partial charge in [0.25, 0.3) is 0 Å². The van der Waals surface area contributed by atoms with Gasteiger partial charge in [0.2, 0.25) is 0 Å². The molecule has 0 radical (unpaired) electrons. The molecule has 98 valence electrons. The minimum Gasteiger partial charge on any atom is -0.326 e. The van der Waals surface area contributed by atoms with Crippen molar-refractivity contribution in [2.75, 3.05) is 11.4 Å².